The average Bonchev–Trinajstić information content (AvgIpc) is 2.63. The van der Waals surface area contributed by atoms with Gasteiger partial charge >= 0.3 is 0 Å². The molecule has 0 aliphatic rings. The van der Waals surface area contributed by atoms with Crippen molar-refractivity contribution in [1.82, 2.24) is 0 Å². The molecule has 0 aliphatic heterocycles. The summed E-state index contributed by atoms with van der Waals surface area (Å²) in [5, 5.41) is 0. The van der Waals surface area contributed by atoms with E-state index in [9.17, 15) is 4.79 Å². The third-order valence-corrected chi connectivity index (χ3v) is 8.26. The number of carbonyl (C=O) groups excluding carboxylic acids is 1. The summed E-state index contributed by atoms with van der Waals surface area (Å²) in [5.41, 5.74) is 3.60. The van der Waals surface area contributed by atoms with Gasteiger partial charge in [-0.1, -0.05) is 91.0 Å². The Labute approximate surface area is 156 Å². The number of carbonyl (C=O) groups is 1. The molecule has 0 saturated carbocycles. The maximum absolute atomic E-state index is 11.9. The normalized spacial score (nSPS) is 11.1. The molecular formula is C23H23O2Si. The number of hydrogen-bond donors (Lipinski definition) is 0. The fourth-order valence-electron chi connectivity index (χ4n) is 3.44. The van der Waals surface area contributed by atoms with E-state index < -0.39 is 14.3 Å². The molecule has 0 N–H and O–H groups in total. The lowest BCUT2D eigenvalue weighted by Crippen LogP contribution is -2.48. The van der Waals surface area contributed by atoms with Crippen molar-refractivity contribution in [2.45, 2.75) is 18.1 Å². The summed E-state index contributed by atoms with van der Waals surface area (Å²) in [6.07, 6.45) is 0. The molecule has 3 aromatic carbocycles. The van der Waals surface area contributed by atoms with E-state index >= 15 is 0 Å². The summed E-state index contributed by atoms with van der Waals surface area (Å²) in [6.45, 7) is 3.52. The van der Waals surface area contributed by atoms with E-state index in [4.69, 9.17) is 4.43 Å². The van der Waals surface area contributed by atoms with Crippen LogP contribution >= 0.6 is 0 Å². The van der Waals surface area contributed by atoms with Crippen LogP contribution in [-0.2, 0) is 27.4 Å². The van der Waals surface area contributed by atoms with Gasteiger partial charge in [-0.05, 0) is 16.7 Å². The molecule has 0 heterocycles. The topological polar surface area (TPSA) is 26.3 Å². The van der Waals surface area contributed by atoms with E-state index in [0.29, 0.717) is 0 Å². The van der Waals surface area contributed by atoms with E-state index in [0.717, 1.165) is 18.1 Å². The minimum atomic E-state index is -2.49. The van der Waals surface area contributed by atoms with Crippen LogP contribution in [0.4, 0.5) is 0 Å². The van der Waals surface area contributed by atoms with Crippen molar-refractivity contribution < 1.29 is 9.22 Å². The minimum absolute atomic E-state index is 0.431. The first-order valence-electron chi connectivity index (χ1n) is 8.82. The van der Waals surface area contributed by atoms with E-state index in [1.807, 2.05) is 54.6 Å². The fourth-order valence-corrected chi connectivity index (χ4v) is 7.45. The van der Waals surface area contributed by atoms with Crippen molar-refractivity contribution in [1.29, 1.82) is 0 Å². The van der Waals surface area contributed by atoms with Crippen molar-refractivity contribution in [2.24, 2.45) is 0 Å². The number of rotatable bonds is 7. The molecule has 2 nitrogen and oxygen atoms in total. The Bertz CT molecular complexity index is 715. The molecular weight excluding hydrogens is 336 g/mol. The zero-order valence-electron chi connectivity index (χ0n) is 14.8. The highest BCUT2D eigenvalue weighted by Crippen LogP contribution is 2.24. The molecule has 131 valence electrons. The summed E-state index contributed by atoms with van der Waals surface area (Å²) in [6, 6.07) is 33.2. The van der Waals surface area contributed by atoms with Gasteiger partial charge in [-0.2, -0.15) is 0 Å². The predicted octanol–water partition coefficient (Wildman–Crippen LogP) is 4.65. The van der Waals surface area contributed by atoms with Gasteiger partial charge in [0.1, 0.15) is 0 Å². The van der Waals surface area contributed by atoms with Crippen LogP contribution in [0.5, 0.6) is 0 Å². The van der Waals surface area contributed by atoms with Crippen molar-refractivity contribution in [3.8, 4) is 0 Å². The second-order valence-corrected chi connectivity index (χ2v) is 10.3. The van der Waals surface area contributed by atoms with Crippen LogP contribution in [0.15, 0.2) is 91.0 Å². The van der Waals surface area contributed by atoms with E-state index in [1.54, 1.807) is 0 Å². The Hall–Kier alpha value is -2.65. The fraction of sp³-hybridized carbons (Fsp3) is 0.130. The largest absolute Gasteiger partial charge is 0.518 e. The first kappa shape index (κ1) is 18.1. The zero-order valence-corrected chi connectivity index (χ0v) is 15.8. The van der Waals surface area contributed by atoms with Crippen LogP contribution in [0.1, 0.15) is 16.7 Å². The van der Waals surface area contributed by atoms with Crippen LogP contribution in [-0.4, -0.2) is 14.3 Å². The molecule has 0 fully saturated rings. The van der Waals surface area contributed by atoms with Crippen LogP contribution < -0.4 is 0 Å². The maximum atomic E-state index is 11.9. The highest BCUT2D eigenvalue weighted by Gasteiger charge is 2.38. The quantitative estimate of drug-likeness (QED) is 0.574. The molecule has 0 aromatic heterocycles. The molecule has 26 heavy (non-hydrogen) atoms. The van der Waals surface area contributed by atoms with E-state index in [1.165, 1.54) is 16.7 Å². The van der Waals surface area contributed by atoms with Crippen LogP contribution in [0, 0.1) is 6.92 Å². The third kappa shape index (κ3) is 5.17. The SMILES string of the molecule is [CH2]C(=O)O[Si](Cc1ccccc1)(Cc1ccccc1)Cc1ccccc1. The Morgan fingerprint density at radius 3 is 1.23 bits per heavy atom. The van der Waals surface area contributed by atoms with Crippen LogP contribution in [0.3, 0.4) is 0 Å². The Morgan fingerprint density at radius 1 is 0.654 bits per heavy atom. The van der Waals surface area contributed by atoms with Gasteiger partial charge in [0.05, 0.1) is 6.92 Å². The lowest BCUT2D eigenvalue weighted by Gasteiger charge is -2.31. The predicted molar refractivity (Wildman–Crippen MR) is 108 cm³/mol. The smallest absolute Gasteiger partial charge is 0.293 e. The van der Waals surface area contributed by atoms with Gasteiger partial charge in [0, 0.05) is 18.1 Å². The summed E-state index contributed by atoms with van der Waals surface area (Å²) >= 11 is 0. The molecule has 0 unspecified atom stereocenters. The van der Waals surface area contributed by atoms with Gasteiger partial charge in [-0.25, -0.2) is 0 Å². The highest BCUT2D eigenvalue weighted by molar-refractivity contribution is 6.73. The van der Waals surface area contributed by atoms with Gasteiger partial charge in [0.2, 0.25) is 0 Å². The first-order valence-corrected chi connectivity index (χ1v) is 11.3. The average molecular weight is 360 g/mol. The van der Waals surface area contributed by atoms with E-state index in [-0.39, 0.29) is 0 Å². The molecule has 0 spiro atoms. The van der Waals surface area contributed by atoms with Gasteiger partial charge in [0.15, 0.2) is 0 Å². The molecule has 0 bridgehead atoms. The van der Waals surface area contributed by atoms with Crippen LogP contribution in [0.25, 0.3) is 0 Å². The second-order valence-electron chi connectivity index (χ2n) is 6.64. The van der Waals surface area contributed by atoms with E-state index in [2.05, 4.69) is 43.3 Å². The Morgan fingerprint density at radius 2 is 0.962 bits per heavy atom. The third-order valence-electron chi connectivity index (χ3n) is 4.44. The summed E-state index contributed by atoms with van der Waals surface area (Å²) in [4.78, 5) is 11.9. The molecule has 3 rings (SSSR count). The van der Waals surface area contributed by atoms with Crippen molar-refractivity contribution in [3.05, 3.63) is 115 Å². The lowest BCUT2D eigenvalue weighted by molar-refractivity contribution is -0.130. The molecule has 0 amide bonds. The number of hydrogen-bond acceptors (Lipinski definition) is 2. The summed E-state index contributed by atoms with van der Waals surface area (Å²) < 4.78 is 6.04. The molecule has 3 heteroatoms. The highest BCUT2D eigenvalue weighted by atomic mass is 28.4. The monoisotopic (exact) mass is 359 g/mol. The zero-order chi connectivity index (χ0) is 18.2. The van der Waals surface area contributed by atoms with Gasteiger partial charge in [-0.3, -0.25) is 4.79 Å². The van der Waals surface area contributed by atoms with Gasteiger partial charge < -0.3 is 4.43 Å². The lowest BCUT2D eigenvalue weighted by atomic mass is 10.2. The Kier molecular flexibility index (Phi) is 6.02. The Balaban J connectivity index is 1.98. The molecule has 0 saturated heterocycles. The van der Waals surface area contributed by atoms with Crippen molar-refractivity contribution in [2.75, 3.05) is 0 Å². The maximum Gasteiger partial charge on any atom is 0.293 e. The number of benzene rings is 3. The minimum Gasteiger partial charge on any atom is -0.518 e. The summed E-state index contributed by atoms with van der Waals surface area (Å²) in [7, 11) is -2.49. The van der Waals surface area contributed by atoms with Crippen LogP contribution in [0.2, 0.25) is 0 Å². The first-order chi connectivity index (χ1) is 12.7. The van der Waals surface area contributed by atoms with Gasteiger partial charge in [-0.15, -0.1) is 0 Å². The molecule has 0 atom stereocenters. The second kappa shape index (κ2) is 8.63. The summed E-state index contributed by atoms with van der Waals surface area (Å²) in [5.74, 6) is -0.431. The van der Waals surface area contributed by atoms with Crippen molar-refractivity contribution in [3.63, 3.8) is 0 Å². The van der Waals surface area contributed by atoms with Crippen molar-refractivity contribution >= 4 is 14.3 Å². The molecule has 0 aliphatic carbocycles. The standard InChI is InChI=1S/C23H23O2Si/c1-20(24)25-26(17-21-11-5-2-6-12-21,18-22-13-7-3-8-14-22)19-23-15-9-4-10-16-23/h2-16H,1,17-19H2. The van der Waals surface area contributed by atoms with Gasteiger partial charge in [0.25, 0.3) is 14.3 Å². The molecule has 1 radical (unpaired) electrons. The molecule has 3 aromatic rings.